The molecule has 2 heterocycles. The average molecular weight is 389 g/mol. The van der Waals surface area contributed by atoms with Crippen LogP contribution < -0.4 is 21.3 Å². The van der Waals surface area contributed by atoms with Crippen LogP contribution in [0.25, 0.3) is 0 Å². The normalized spacial score (nSPS) is 24.2. The summed E-state index contributed by atoms with van der Waals surface area (Å²) in [7, 11) is 1.89. The molecule has 2 rings (SSSR count). The Morgan fingerprint density at radius 1 is 1.15 bits per heavy atom. The van der Waals surface area contributed by atoms with Crippen molar-refractivity contribution in [2.45, 2.75) is 43.0 Å². The highest BCUT2D eigenvalue weighted by atomic mass is 32.2. The van der Waals surface area contributed by atoms with Gasteiger partial charge in [-0.05, 0) is 19.9 Å². The molecule has 0 saturated carbocycles. The van der Waals surface area contributed by atoms with E-state index in [-0.39, 0.29) is 24.0 Å². The SMILES string of the molecule is CNCCOCCOCCNC(=O)CCCCC1SCC2NC(=O)NC21. The van der Waals surface area contributed by atoms with Gasteiger partial charge in [0, 0.05) is 30.5 Å². The number of urea groups is 1. The number of carbonyl (C=O) groups is 2. The predicted molar refractivity (Wildman–Crippen MR) is 103 cm³/mol. The molecule has 4 N–H and O–H groups in total. The number of hydrogen-bond donors (Lipinski definition) is 4. The molecule has 0 bridgehead atoms. The molecule has 3 amide bonds. The third kappa shape index (κ3) is 7.69. The summed E-state index contributed by atoms with van der Waals surface area (Å²) < 4.78 is 10.7. The van der Waals surface area contributed by atoms with E-state index < -0.39 is 0 Å². The topological polar surface area (TPSA) is 101 Å². The van der Waals surface area contributed by atoms with Crippen molar-refractivity contribution in [2.75, 3.05) is 52.3 Å². The van der Waals surface area contributed by atoms with Crippen LogP contribution in [-0.4, -0.2) is 81.6 Å². The largest absolute Gasteiger partial charge is 0.378 e. The number of amides is 3. The van der Waals surface area contributed by atoms with Crippen molar-refractivity contribution < 1.29 is 19.1 Å². The molecular weight excluding hydrogens is 356 g/mol. The Balaban J connectivity index is 1.38. The van der Waals surface area contributed by atoms with Gasteiger partial charge >= 0.3 is 6.03 Å². The van der Waals surface area contributed by atoms with Gasteiger partial charge in [0.25, 0.3) is 0 Å². The molecule has 0 spiro atoms. The smallest absolute Gasteiger partial charge is 0.315 e. The summed E-state index contributed by atoms with van der Waals surface area (Å²) in [4.78, 5) is 23.1. The monoisotopic (exact) mass is 388 g/mol. The lowest BCUT2D eigenvalue weighted by atomic mass is 10.0. The summed E-state index contributed by atoms with van der Waals surface area (Å²) in [6.07, 6.45) is 3.47. The minimum absolute atomic E-state index is 0.0450. The molecule has 8 nitrogen and oxygen atoms in total. The number of carbonyl (C=O) groups excluding carboxylic acids is 2. The molecule has 0 radical (unpaired) electrons. The second-order valence-electron chi connectivity index (χ2n) is 6.55. The van der Waals surface area contributed by atoms with Crippen LogP contribution in [-0.2, 0) is 14.3 Å². The fraction of sp³-hybridized carbons (Fsp3) is 0.882. The fourth-order valence-electron chi connectivity index (χ4n) is 3.12. The van der Waals surface area contributed by atoms with Gasteiger partial charge in [0.1, 0.15) is 0 Å². The van der Waals surface area contributed by atoms with Crippen LogP contribution in [0.4, 0.5) is 4.79 Å². The summed E-state index contributed by atoms with van der Waals surface area (Å²) in [5.74, 6) is 1.06. The standard InChI is InChI=1S/C17H32N4O4S/c1-18-6-8-24-10-11-25-9-7-19-15(22)5-3-2-4-14-16-13(12-26-14)20-17(23)21-16/h13-14,16,18H,2-12H2,1H3,(H,19,22)(H2,20,21,23). The van der Waals surface area contributed by atoms with Crippen molar-refractivity contribution in [3.63, 3.8) is 0 Å². The van der Waals surface area contributed by atoms with Crippen molar-refractivity contribution in [2.24, 2.45) is 0 Å². The highest BCUT2D eigenvalue weighted by molar-refractivity contribution is 8.00. The van der Waals surface area contributed by atoms with Gasteiger partial charge in [-0.25, -0.2) is 4.79 Å². The molecule has 150 valence electrons. The molecule has 9 heteroatoms. The van der Waals surface area contributed by atoms with Crippen LogP contribution in [0.1, 0.15) is 25.7 Å². The maximum absolute atomic E-state index is 11.8. The second kappa shape index (κ2) is 12.4. The maximum atomic E-state index is 11.8. The number of hydrogen-bond acceptors (Lipinski definition) is 6. The molecular formula is C17H32N4O4S. The van der Waals surface area contributed by atoms with Gasteiger partial charge in [-0.1, -0.05) is 6.42 Å². The van der Waals surface area contributed by atoms with Gasteiger partial charge in [0.05, 0.1) is 38.5 Å². The van der Waals surface area contributed by atoms with E-state index in [1.165, 1.54) is 0 Å². The predicted octanol–water partition coefficient (Wildman–Crippen LogP) is 0.0810. The molecule has 0 aromatic rings. The van der Waals surface area contributed by atoms with Crippen LogP contribution in [0.5, 0.6) is 0 Å². The molecule has 2 saturated heterocycles. The third-order valence-corrected chi connectivity index (χ3v) is 6.03. The Labute approximate surface area is 159 Å². The molecule has 0 aliphatic carbocycles. The van der Waals surface area contributed by atoms with Crippen LogP contribution in [0.3, 0.4) is 0 Å². The lowest BCUT2D eigenvalue weighted by molar-refractivity contribution is -0.121. The number of unbranched alkanes of at least 4 members (excludes halogenated alkanes) is 1. The number of ether oxygens (including phenoxy) is 2. The summed E-state index contributed by atoms with van der Waals surface area (Å²) in [6, 6.07) is 0.478. The van der Waals surface area contributed by atoms with E-state index in [0.29, 0.717) is 44.6 Å². The van der Waals surface area contributed by atoms with Gasteiger partial charge in [-0.3, -0.25) is 4.79 Å². The van der Waals surface area contributed by atoms with Gasteiger partial charge < -0.3 is 30.7 Å². The molecule has 2 fully saturated rings. The van der Waals surface area contributed by atoms with Gasteiger partial charge in [0.2, 0.25) is 5.91 Å². The van der Waals surface area contributed by atoms with Crippen LogP contribution in [0.15, 0.2) is 0 Å². The summed E-state index contributed by atoms with van der Waals surface area (Å²) in [5.41, 5.74) is 0. The highest BCUT2D eigenvalue weighted by Crippen LogP contribution is 2.33. The number of fused-ring (bicyclic) bond motifs is 1. The summed E-state index contributed by atoms with van der Waals surface area (Å²) in [6.45, 7) is 3.69. The first kappa shape index (κ1) is 21.3. The molecule has 0 aromatic heterocycles. The number of thioether (sulfide) groups is 1. The summed E-state index contributed by atoms with van der Waals surface area (Å²) >= 11 is 1.91. The molecule has 3 atom stereocenters. The van der Waals surface area contributed by atoms with Crippen molar-refractivity contribution >= 4 is 23.7 Å². The molecule has 3 unspecified atom stereocenters. The van der Waals surface area contributed by atoms with E-state index >= 15 is 0 Å². The first-order chi connectivity index (χ1) is 12.7. The fourth-order valence-corrected chi connectivity index (χ4v) is 4.66. The highest BCUT2D eigenvalue weighted by Gasteiger charge is 2.42. The minimum Gasteiger partial charge on any atom is -0.378 e. The van der Waals surface area contributed by atoms with E-state index in [2.05, 4.69) is 21.3 Å². The van der Waals surface area contributed by atoms with E-state index in [1.807, 2.05) is 18.8 Å². The average Bonchev–Trinajstić information content (AvgIpc) is 3.16. The Kier molecular flexibility index (Phi) is 10.1. The lowest BCUT2D eigenvalue weighted by Crippen LogP contribution is -2.36. The first-order valence-corrected chi connectivity index (χ1v) is 10.5. The Hall–Kier alpha value is -1.03. The van der Waals surface area contributed by atoms with Crippen molar-refractivity contribution in [1.82, 2.24) is 21.3 Å². The Bertz CT molecular complexity index is 441. The van der Waals surface area contributed by atoms with E-state index in [4.69, 9.17) is 9.47 Å². The van der Waals surface area contributed by atoms with Crippen molar-refractivity contribution in [1.29, 1.82) is 0 Å². The summed E-state index contributed by atoms with van der Waals surface area (Å²) in [5, 5.41) is 12.3. The molecule has 26 heavy (non-hydrogen) atoms. The van der Waals surface area contributed by atoms with E-state index in [9.17, 15) is 9.59 Å². The quantitative estimate of drug-likeness (QED) is 0.248. The van der Waals surface area contributed by atoms with Gasteiger partial charge in [-0.2, -0.15) is 11.8 Å². The van der Waals surface area contributed by atoms with Crippen molar-refractivity contribution in [3.8, 4) is 0 Å². The zero-order chi connectivity index (χ0) is 18.6. The molecule has 2 aliphatic heterocycles. The molecule has 0 aromatic carbocycles. The Morgan fingerprint density at radius 3 is 2.69 bits per heavy atom. The van der Waals surface area contributed by atoms with Gasteiger partial charge in [-0.15, -0.1) is 0 Å². The van der Waals surface area contributed by atoms with Crippen LogP contribution in [0, 0.1) is 0 Å². The maximum Gasteiger partial charge on any atom is 0.315 e. The number of rotatable bonds is 14. The zero-order valence-electron chi connectivity index (χ0n) is 15.6. The van der Waals surface area contributed by atoms with Gasteiger partial charge in [0.15, 0.2) is 0 Å². The van der Waals surface area contributed by atoms with Crippen molar-refractivity contribution in [3.05, 3.63) is 0 Å². The van der Waals surface area contributed by atoms with E-state index in [1.54, 1.807) is 0 Å². The van der Waals surface area contributed by atoms with Crippen LogP contribution >= 0.6 is 11.8 Å². The number of likely N-dealkylation sites (N-methyl/N-ethyl adjacent to an activating group) is 1. The number of nitrogens with one attached hydrogen (secondary N) is 4. The first-order valence-electron chi connectivity index (χ1n) is 9.46. The Morgan fingerprint density at radius 2 is 1.92 bits per heavy atom. The molecule has 2 aliphatic rings. The second-order valence-corrected chi connectivity index (χ2v) is 7.82. The van der Waals surface area contributed by atoms with E-state index in [0.717, 1.165) is 31.6 Å². The van der Waals surface area contributed by atoms with Crippen LogP contribution in [0.2, 0.25) is 0 Å². The zero-order valence-corrected chi connectivity index (χ0v) is 16.4. The minimum atomic E-state index is -0.0450. The third-order valence-electron chi connectivity index (χ3n) is 4.52. The lowest BCUT2D eigenvalue weighted by Gasteiger charge is -2.16.